The first kappa shape index (κ1) is 15.1. The van der Waals surface area contributed by atoms with Gasteiger partial charge >= 0.3 is 5.97 Å². The van der Waals surface area contributed by atoms with Gasteiger partial charge in [0.25, 0.3) is 0 Å². The Balaban J connectivity index is 1.64. The van der Waals surface area contributed by atoms with Crippen molar-refractivity contribution in [1.82, 2.24) is 5.32 Å². The summed E-state index contributed by atoms with van der Waals surface area (Å²) in [7, 11) is 0. The molecule has 2 rings (SSSR count). The molecule has 0 fully saturated rings. The second kappa shape index (κ2) is 7.50. The first-order valence-electron chi connectivity index (χ1n) is 6.88. The predicted molar refractivity (Wildman–Crippen MR) is 78.7 cm³/mol. The Hall–Kier alpha value is -2.27. The molecule has 2 aromatic rings. The quantitative estimate of drug-likeness (QED) is 0.731. The highest BCUT2D eigenvalue weighted by Gasteiger charge is 2.12. The van der Waals surface area contributed by atoms with E-state index in [1.165, 1.54) is 0 Å². The number of carboxylic acid groups (broad SMARTS) is 1. The molecule has 0 radical (unpaired) electrons. The summed E-state index contributed by atoms with van der Waals surface area (Å²) >= 11 is 0. The summed E-state index contributed by atoms with van der Waals surface area (Å²) in [4.78, 5) is 10.9. The Kier molecular flexibility index (Phi) is 5.40. The van der Waals surface area contributed by atoms with Crippen LogP contribution in [0, 0.1) is 6.92 Å². The zero-order valence-electron chi connectivity index (χ0n) is 12.0. The molecule has 0 aliphatic rings. The molecule has 1 aromatic heterocycles. The fourth-order valence-corrected chi connectivity index (χ4v) is 1.96. The maximum atomic E-state index is 10.9. The van der Waals surface area contributed by atoms with E-state index in [1.807, 2.05) is 30.3 Å². The van der Waals surface area contributed by atoms with Crippen molar-refractivity contribution in [2.45, 2.75) is 19.9 Å². The molecule has 5 heteroatoms. The molecule has 1 aromatic carbocycles. The third-order valence-corrected chi connectivity index (χ3v) is 3.01. The fourth-order valence-electron chi connectivity index (χ4n) is 1.96. The Morgan fingerprint density at radius 2 is 2.10 bits per heavy atom. The van der Waals surface area contributed by atoms with Crippen molar-refractivity contribution < 1.29 is 19.1 Å². The molecule has 21 heavy (non-hydrogen) atoms. The Morgan fingerprint density at radius 1 is 1.33 bits per heavy atom. The molecule has 0 aliphatic carbocycles. The third-order valence-electron chi connectivity index (χ3n) is 3.01. The summed E-state index contributed by atoms with van der Waals surface area (Å²) in [6, 6.07) is 11.2. The third kappa shape index (κ3) is 4.65. The molecule has 0 saturated carbocycles. The van der Waals surface area contributed by atoms with E-state index in [0.717, 1.165) is 18.7 Å². The van der Waals surface area contributed by atoms with Gasteiger partial charge in [0.2, 0.25) is 0 Å². The minimum absolute atomic E-state index is 0.221. The van der Waals surface area contributed by atoms with Gasteiger partial charge in [-0.3, -0.25) is 0 Å². The van der Waals surface area contributed by atoms with Crippen molar-refractivity contribution in [3.63, 3.8) is 0 Å². The van der Waals surface area contributed by atoms with E-state index in [2.05, 4.69) is 5.32 Å². The molecule has 1 heterocycles. The molecule has 112 valence electrons. The molecule has 0 unspecified atom stereocenters. The molecule has 0 amide bonds. The van der Waals surface area contributed by atoms with Gasteiger partial charge in [-0.1, -0.05) is 18.2 Å². The van der Waals surface area contributed by atoms with E-state index in [4.69, 9.17) is 14.3 Å². The second-order valence-electron chi connectivity index (χ2n) is 4.68. The topological polar surface area (TPSA) is 71.7 Å². The molecular weight excluding hydrogens is 270 g/mol. The van der Waals surface area contributed by atoms with E-state index >= 15 is 0 Å². The number of rotatable bonds is 8. The summed E-state index contributed by atoms with van der Waals surface area (Å²) in [5.74, 6) is 0.976. The van der Waals surface area contributed by atoms with Gasteiger partial charge in [0.1, 0.15) is 22.8 Å². The van der Waals surface area contributed by atoms with Gasteiger partial charge in [0, 0.05) is 0 Å². The minimum atomic E-state index is -0.959. The number of carbonyl (C=O) groups is 1. The maximum Gasteiger partial charge on any atom is 0.339 e. The average Bonchev–Trinajstić information content (AvgIpc) is 2.85. The number of aromatic carboxylic acids is 1. The number of aryl methyl sites for hydroxylation is 1. The highest BCUT2D eigenvalue weighted by molar-refractivity contribution is 5.88. The molecule has 2 N–H and O–H groups in total. The van der Waals surface area contributed by atoms with Gasteiger partial charge in [-0.2, -0.15) is 0 Å². The number of ether oxygens (including phenoxy) is 1. The number of carboxylic acids is 1. The summed E-state index contributed by atoms with van der Waals surface area (Å²) in [6.45, 7) is 3.57. The lowest BCUT2D eigenvalue weighted by Crippen LogP contribution is -2.16. The van der Waals surface area contributed by atoms with E-state index in [0.29, 0.717) is 24.7 Å². The molecule has 0 bridgehead atoms. The summed E-state index contributed by atoms with van der Waals surface area (Å²) in [5.41, 5.74) is 0.221. The first-order chi connectivity index (χ1) is 10.2. The monoisotopic (exact) mass is 289 g/mol. The Labute approximate surface area is 123 Å². The van der Waals surface area contributed by atoms with Crippen molar-refractivity contribution in [1.29, 1.82) is 0 Å². The van der Waals surface area contributed by atoms with Gasteiger partial charge in [0.05, 0.1) is 13.2 Å². The zero-order valence-corrected chi connectivity index (χ0v) is 12.0. The summed E-state index contributed by atoms with van der Waals surface area (Å²) in [6.07, 6.45) is 0.861. The highest BCUT2D eigenvalue weighted by atomic mass is 16.5. The van der Waals surface area contributed by atoms with Gasteiger partial charge in [-0.05, 0) is 38.1 Å². The Bertz CT molecular complexity index is 577. The zero-order chi connectivity index (χ0) is 15.1. The standard InChI is InChI=1S/C16H19NO4/c1-12-15(16(18)19)10-14(21-12)11-17-8-5-9-20-13-6-3-2-4-7-13/h2-4,6-7,10,17H,5,8-9,11H2,1H3,(H,18,19). The van der Waals surface area contributed by atoms with Crippen LogP contribution in [0.15, 0.2) is 40.8 Å². The van der Waals surface area contributed by atoms with Crippen molar-refractivity contribution >= 4 is 5.97 Å². The van der Waals surface area contributed by atoms with Crippen LogP contribution >= 0.6 is 0 Å². The van der Waals surface area contributed by atoms with Gasteiger partial charge in [0.15, 0.2) is 0 Å². The molecular formula is C16H19NO4. The van der Waals surface area contributed by atoms with E-state index in [-0.39, 0.29) is 5.56 Å². The second-order valence-corrected chi connectivity index (χ2v) is 4.68. The lowest BCUT2D eigenvalue weighted by molar-refractivity contribution is 0.0695. The molecule has 0 atom stereocenters. The van der Waals surface area contributed by atoms with Crippen LogP contribution in [0.1, 0.15) is 28.3 Å². The van der Waals surface area contributed by atoms with Crippen molar-refractivity contribution in [2.24, 2.45) is 0 Å². The van der Waals surface area contributed by atoms with Crippen LogP contribution in [0.3, 0.4) is 0 Å². The number of hydrogen-bond acceptors (Lipinski definition) is 4. The fraction of sp³-hybridized carbons (Fsp3) is 0.312. The van der Waals surface area contributed by atoms with E-state index in [1.54, 1.807) is 13.0 Å². The van der Waals surface area contributed by atoms with Crippen LogP contribution < -0.4 is 10.1 Å². The average molecular weight is 289 g/mol. The first-order valence-corrected chi connectivity index (χ1v) is 6.88. The molecule has 0 spiro atoms. The van der Waals surface area contributed by atoms with Crippen LogP contribution in [0.5, 0.6) is 5.75 Å². The van der Waals surface area contributed by atoms with Crippen LogP contribution in [0.2, 0.25) is 0 Å². The predicted octanol–water partition coefficient (Wildman–Crippen LogP) is 2.84. The lowest BCUT2D eigenvalue weighted by atomic mass is 10.2. The van der Waals surface area contributed by atoms with E-state index < -0.39 is 5.97 Å². The normalized spacial score (nSPS) is 10.5. The summed E-state index contributed by atoms with van der Waals surface area (Å²) in [5, 5.41) is 12.1. The van der Waals surface area contributed by atoms with Crippen molar-refractivity contribution in [2.75, 3.05) is 13.2 Å². The summed E-state index contributed by atoms with van der Waals surface area (Å²) < 4.78 is 10.9. The molecule has 0 saturated heterocycles. The van der Waals surface area contributed by atoms with E-state index in [9.17, 15) is 4.79 Å². The number of hydrogen-bond donors (Lipinski definition) is 2. The van der Waals surface area contributed by atoms with Crippen LogP contribution in [-0.4, -0.2) is 24.2 Å². The van der Waals surface area contributed by atoms with Gasteiger partial charge in [-0.15, -0.1) is 0 Å². The van der Waals surface area contributed by atoms with Gasteiger partial charge < -0.3 is 19.6 Å². The largest absolute Gasteiger partial charge is 0.494 e. The van der Waals surface area contributed by atoms with Crippen molar-refractivity contribution in [3.8, 4) is 5.75 Å². The number of para-hydroxylation sites is 1. The maximum absolute atomic E-state index is 10.9. The van der Waals surface area contributed by atoms with Crippen LogP contribution in [-0.2, 0) is 6.54 Å². The number of benzene rings is 1. The van der Waals surface area contributed by atoms with Crippen molar-refractivity contribution in [3.05, 3.63) is 53.5 Å². The van der Waals surface area contributed by atoms with Gasteiger partial charge in [-0.25, -0.2) is 4.79 Å². The molecule has 5 nitrogen and oxygen atoms in total. The lowest BCUT2D eigenvalue weighted by Gasteiger charge is -2.06. The smallest absolute Gasteiger partial charge is 0.339 e. The number of nitrogens with one attached hydrogen (secondary N) is 1. The van der Waals surface area contributed by atoms with Crippen LogP contribution in [0.25, 0.3) is 0 Å². The van der Waals surface area contributed by atoms with Crippen LogP contribution in [0.4, 0.5) is 0 Å². The number of furan rings is 1. The minimum Gasteiger partial charge on any atom is -0.494 e. The highest BCUT2D eigenvalue weighted by Crippen LogP contribution is 2.14. The molecule has 0 aliphatic heterocycles. The Morgan fingerprint density at radius 3 is 2.76 bits per heavy atom. The SMILES string of the molecule is Cc1oc(CNCCCOc2ccccc2)cc1C(=O)O.